The van der Waals surface area contributed by atoms with Crippen molar-refractivity contribution in [3.05, 3.63) is 18.3 Å². The quantitative estimate of drug-likeness (QED) is 0.510. The molecule has 1 aliphatic rings. The number of nitrogens with zero attached hydrogens (tertiary/aromatic N) is 1. The third-order valence-corrected chi connectivity index (χ3v) is 4.42. The molecule has 1 atom stereocenters. The second-order valence-corrected chi connectivity index (χ2v) is 6.11. The topological polar surface area (TPSA) is 106 Å². The van der Waals surface area contributed by atoms with Crippen molar-refractivity contribution in [2.75, 3.05) is 18.6 Å². The van der Waals surface area contributed by atoms with Crippen molar-refractivity contribution in [3.63, 3.8) is 0 Å². The molecule has 106 valence electrons. The minimum absolute atomic E-state index is 0.124. The van der Waals surface area contributed by atoms with E-state index in [1.807, 2.05) is 0 Å². The predicted octanol–water partition coefficient (Wildman–Crippen LogP) is 0.215. The van der Waals surface area contributed by atoms with E-state index >= 15 is 0 Å². The zero-order chi connectivity index (χ0) is 13.7. The summed E-state index contributed by atoms with van der Waals surface area (Å²) in [5.74, 6) is 5.58. The van der Waals surface area contributed by atoms with Gasteiger partial charge in [0.25, 0.3) is 0 Å². The maximum absolute atomic E-state index is 12.0. The Hall–Kier alpha value is -1.22. The van der Waals surface area contributed by atoms with Crippen molar-refractivity contribution in [2.45, 2.75) is 30.3 Å². The Bertz CT molecular complexity index is 497. The van der Waals surface area contributed by atoms with Gasteiger partial charge in [0.2, 0.25) is 10.0 Å². The Balaban J connectivity index is 1.89. The molecule has 0 aromatic carbocycles. The minimum atomic E-state index is -3.51. The maximum Gasteiger partial charge on any atom is 0.242 e. The van der Waals surface area contributed by atoms with Crippen molar-refractivity contribution in [1.82, 2.24) is 9.71 Å². The lowest BCUT2D eigenvalue weighted by molar-refractivity contribution is 0.105. The van der Waals surface area contributed by atoms with Crippen molar-refractivity contribution in [1.29, 1.82) is 0 Å². The molecular formula is C11H18N4O3S. The van der Waals surface area contributed by atoms with Crippen LogP contribution in [0, 0.1) is 0 Å². The number of hydrogen-bond acceptors (Lipinski definition) is 6. The number of pyridine rings is 1. The van der Waals surface area contributed by atoms with Gasteiger partial charge in [-0.1, -0.05) is 0 Å². The predicted molar refractivity (Wildman–Crippen MR) is 70.8 cm³/mol. The van der Waals surface area contributed by atoms with Crippen LogP contribution in [-0.2, 0) is 14.8 Å². The normalized spacial score (nSPS) is 19.5. The molecule has 0 bridgehead atoms. The number of nitrogens with one attached hydrogen (secondary N) is 2. The minimum Gasteiger partial charge on any atom is -0.378 e. The fraction of sp³-hybridized carbons (Fsp3) is 0.545. The van der Waals surface area contributed by atoms with Gasteiger partial charge in [-0.3, -0.25) is 0 Å². The second kappa shape index (κ2) is 6.29. The molecule has 0 radical (unpaired) electrons. The molecule has 1 aromatic rings. The highest BCUT2D eigenvalue weighted by molar-refractivity contribution is 7.89. The van der Waals surface area contributed by atoms with Crippen LogP contribution in [0.3, 0.4) is 0 Å². The van der Waals surface area contributed by atoms with E-state index in [-0.39, 0.29) is 11.0 Å². The van der Waals surface area contributed by atoms with E-state index in [0.29, 0.717) is 18.8 Å². The molecule has 8 heteroatoms. The van der Waals surface area contributed by atoms with Crippen LogP contribution in [-0.4, -0.2) is 32.7 Å². The number of nitrogen functional groups attached to an aromatic ring is 1. The number of ether oxygens (including phenoxy) is 1. The van der Waals surface area contributed by atoms with Crippen molar-refractivity contribution < 1.29 is 13.2 Å². The Morgan fingerprint density at radius 1 is 1.47 bits per heavy atom. The molecule has 2 rings (SSSR count). The number of anilines is 1. The van der Waals surface area contributed by atoms with Crippen LogP contribution < -0.4 is 16.0 Å². The van der Waals surface area contributed by atoms with Crippen molar-refractivity contribution in [3.8, 4) is 0 Å². The average Bonchev–Trinajstić information content (AvgIpc) is 2.92. The summed E-state index contributed by atoms with van der Waals surface area (Å²) in [7, 11) is -3.51. The molecular weight excluding hydrogens is 268 g/mol. The molecule has 1 fully saturated rings. The first-order valence-corrected chi connectivity index (χ1v) is 7.64. The fourth-order valence-corrected chi connectivity index (χ4v) is 2.93. The lowest BCUT2D eigenvalue weighted by Gasteiger charge is -2.10. The number of hydrazine groups is 1. The molecule has 1 unspecified atom stereocenters. The highest BCUT2D eigenvalue weighted by Gasteiger charge is 2.18. The molecule has 1 aromatic heterocycles. The summed E-state index contributed by atoms with van der Waals surface area (Å²) in [6, 6.07) is 2.96. The number of sulfonamides is 1. The Morgan fingerprint density at radius 2 is 2.32 bits per heavy atom. The van der Waals surface area contributed by atoms with Crippen LogP contribution >= 0.6 is 0 Å². The molecule has 7 nitrogen and oxygen atoms in total. The lowest BCUT2D eigenvalue weighted by atomic mass is 10.2. The fourth-order valence-electron chi connectivity index (χ4n) is 1.93. The Labute approximate surface area is 112 Å². The van der Waals surface area contributed by atoms with Crippen molar-refractivity contribution in [2.24, 2.45) is 5.84 Å². The number of rotatable bonds is 6. The van der Waals surface area contributed by atoms with Crippen LogP contribution in [0.5, 0.6) is 0 Å². The van der Waals surface area contributed by atoms with Gasteiger partial charge in [0.15, 0.2) is 0 Å². The Kier molecular flexibility index (Phi) is 4.70. The molecule has 0 amide bonds. The van der Waals surface area contributed by atoms with Crippen LogP contribution in [0.25, 0.3) is 0 Å². The zero-order valence-corrected chi connectivity index (χ0v) is 11.3. The average molecular weight is 286 g/mol. The van der Waals surface area contributed by atoms with Gasteiger partial charge in [-0.05, 0) is 31.4 Å². The smallest absolute Gasteiger partial charge is 0.242 e. The summed E-state index contributed by atoms with van der Waals surface area (Å²) in [6.45, 7) is 1.14. The summed E-state index contributed by atoms with van der Waals surface area (Å²) < 4.78 is 31.9. The third kappa shape index (κ3) is 3.87. The number of hydrogen-bond donors (Lipinski definition) is 3. The third-order valence-electron chi connectivity index (χ3n) is 2.98. The van der Waals surface area contributed by atoms with Crippen LogP contribution in [0.1, 0.15) is 19.3 Å². The van der Waals surface area contributed by atoms with Crippen LogP contribution in [0.15, 0.2) is 23.2 Å². The number of nitrogens with two attached hydrogens (primary N) is 1. The van der Waals surface area contributed by atoms with Gasteiger partial charge in [0, 0.05) is 19.3 Å². The van der Waals surface area contributed by atoms with E-state index in [9.17, 15) is 8.42 Å². The van der Waals surface area contributed by atoms with Gasteiger partial charge in [-0.15, -0.1) is 0 Å². The summed E-state index contributed by atoms with van der Waals surface area (Å²) in [4.78, 5) is 3.99. The molecule has 0 aliphatic carbocycles. The van der Waals surface area contributed by atoms with Gasteiger partial charge in [0.05, 0.1) is 6.10 Å². The monoisotopic (exact) mass is 286 g/mol. The summed E-state index contributed by atoms with van der Waals surface area (Å²) >= 11 is 0. The lowest BCUT2D eigenvalue weighted by Crippen LogP contribution is -2.27. The van der Waals surface area contributed by atoms with Gasteiger partial charge < -0.3 is 10.2 Å². The zero-order valence-electron chi connectivity index (χ0n) is 10.5. The van der Waals surface area contributed by atoms with E-state index in [0.717, 1.165) is 19.4 Å². The molecule has 0 spiro atoms. The van der Waals surface area contributed by atoms with Gasteiger partial charge in [-0.25, -0.2) is 24.0 Å². The summed E-state index contributed by atoms with van der Waals surface area (Å²) in [6.07, 6.45) is 4.18. The van der Waals surface area contributed by atoms with Gasteiger partial charge >= 0.3 is 0 Å². The highest BCUT2D eigenvalue weighted by atomic mass is 32.2. The van der Waals surface area contributed by atoms with Gasteiger partial charge in [0.1, 0.15) is 10.7 Å². The number of aromatic nitrogens is 1. The summed E-state index contributed by atoms with van der Waals surface area (Å²) in [5.41, 5.74) is 2.34. The molecule has 1 saturated heterocycles. The van der Waals surface area contributed by atoms with Crippen LogP contribution in [0.2, 0.25) is 0 Å². The molecule has 4 N–H and O–H groups in total. The Morgan fingerprint density at radius 3 is 2.89 bits per heavy atom. The van der Waals surface area contributed by atoms with Crippen molar-refractivity contribution >= 4 is 15.8 Å². The molecule has 2 heterocycles. The maximum atomic E-state index is 12.0. The first-order valence-electron chi connectivity index (χ1n) is 6.16. The molecule has 0 saturated carbocycles. The van der Waals surface area contributed by atoms with E-state index < -0.39 is 10.0 Å². The van der Waals surface area contributed by atoms with E-state index in [1.54, 1.807) is 0 Å². The van der Waals surface area contributed by atoms with E-state index in [1.165, 1.54) is 18.3 Å². The highest BCUT2D eigenvalue weighted by Crippen LogP contribution is 2.15. The molecule has 1 aliphatic heterocycles. The largest absolute Gasteiger partial charge is 0.378 e. The SMILES string of the molecule is NNc1ccc(S(=O)(=O)NCCC2CCCO2)cn1. The van der Waals surface area contributed by atoms with Crippen LogP contribution in [0.4, 0.5) is 5.82 Å². The van der Waals surface area contributed by atoms with E-state index in [2.05, 4.69) is 15.1 Å². The van der Waals surface area contributed by atoms with E-state index in [4.69, 9.17) is 10.6 Å². The summed E-state index contributed by atoms with van der Waals surface area (Å²) in [5, 5.41) is 0. The van der Waals surface area contributed by atoms with Gasteiger partial charge in [-0.2, -0.15) is 0 Å². The molecule has 19 heavy (non-hydrogen) atoms. The first kappa shape index (κ1) is 14.2. The second-order valence-electron chi connectivity index (χ2n) is 4.34. The first-order chi connectivity index (χ1) is 9.12. The standard InChI is InChI=1S/C11H18N4O3S/c12-15-11-4-3-10(8-13-11)19(16,17)14-6-5-9-2-1-7-18-9/h3-4,8-9,14H,1-2,5-7,12H2,(H,13,15).